The summed E-state index contributed by atoms with van der Waals surface area (Å²) >= 11 is 0. The molecule has 2 N–H and O–H groups in total. The zero-order chi connectivity index (χ0) is 31.2. The maximum atomic E-state index is 14.0. The maximum Gasteiger partial charge on any atom is 0.245 e. The van der Waals surface area contributed by atoms with Crippen molar-refractivity contribution in [3.8, 4) is 0 Å². The molecular formula is C31H55N5O5. The predicted molar refractivity (Wildman–Crippen MR) is 160 cm³/mol. The van der Waals surface area contributed by atoms with Gasteiger partial charge in [-0.25, -0.2) is 0 Å². The molecule has 5 amide bonds. The van der Waals surface area contributed by atoms with E-state index in [-0.39, 0.29) is 41.4 Å². The summed E-state index contributed by atoms with van der Waals surface area (Å²) in [7, 11) is 3.22. The number of nitrogens with zero attached hydrogens (tertiary/aromatic N) is 3. The number of likely N-dealkylation sites (N-methyl/N-ethyl adjacent to an activating group) is 2. The molecule has 0 aromatic heterocycles. The van der Waals surface area contributed by atoms with Crippen LogP contribution in [0.1, 0.15) is 93.9 Å². The molecule has 0 saturated carbocycles. The van der Waals surface area contributed by atoms with Crippen LogP contribution in [0.3, 0.4) is 0 Å². The van der Waals surface area contributed by atoms with Gasteiger partial charge in [-0.15, -0.1) is 0 Å². The number of carbonyl (C=O) groups excluding carboxylic acids is 5. The molecule has 2 fully saturated rings. The van der Waals surface area contributed by atoms with E-state index in [2.05, 4.69) is 10.6 Å². The van der Waals surface area contributed by atoms with Crippen molar-refractivity contribution in [2.24, 2.45) is 23.7 Å². The molecule has 2 aliphatic rings. The SMILES string of the molecule is CC(C)C[C@@H]1NC(=O)[C@H](CC(C)C)N(C)C(=O)[C@H]2CCCN2C(=O)[C@H](CC(C)C)NC(=O)[C@H](CC(C)C)N(C)C1=O. The van der Waals surface area contributed by atoms with Crippen molar-refractivity contribution in [2.45, 2.75) is 124 Å². The fraction of sp³-hybridized carbons (Fsp3) is 0.839. The molecule has 2 aliphatic heterocycles. The van der Waals surface area contributed by atoms with Crippen molar-refractivity contribution in [1.82, 2.24) is 25.3 Å². The Kier molecular flexibility index (Phi) is 12.6. The summed E-state index contributed by atoms with van der Waals surface area (Å²) in [4.78, 5) is 73.9. The zero-order valence-corrected chi connectivity index (χ0v) is 27.0. The van der Waals surface area contributed by atoms with E-state index in [4.69, 9.17) is 0 Å². The van der Waals surface area contributed by atoms with Crippen molar-refractivity contribution >= 4 is 29.5 Å². The Labute approximate surface area is 247 Å². The van der Waals surface area contributed by atoms with Gasteiger partial charge in [-0.2, -0.15) is 0 Å². The van der Waals surface area contributed by atoms with Gasteiger partial charge in [-0.05, 0) is 62.2 Å². The zero-order valence-electron chi connectivity index (χ0n) is 27.0. The van der Waals surface area contributed by atoms with Crippen molar-refractivity contribution in [2.75, 3.05) is 20.6 Å². The molecule has 0 aliphatic carbocycles. The highest BCUT2D eigenvalue weighted by molar-refractivity contribution is 5.98. The van der Waals surface area contributed by atoms with Crippen LogP contribution in [-0.2, 0) is 24.0 Å². The Balaban J connectivity index is 2.67. The Hall–Kier alpha value is -2.65. The first-order chi connectivity index (χ1) is 19.0. The summed E-state index contributed by atoms with van der Waals surface area (Å²) < 4.78 is 0. The van der Waals surface area contributed by atoms with Crippen LogP contribution in [0.4, 0.5) is 0 Å². The summed E-state index contributed by atoms with van der Waals surface area (Å²) in [6, 6.07) is -3.98. The first-order valence-electron chi connectivity index (χ1n) is 15.5. The second-order valence-electron chi connectivity index (χ2n) is 13.8. The van der Waals surface area contributed by atoms with Gasteiger partial charge in [0.25, 0.3) is 0 Å². The summed E-state index contributed by atoms with van der Waals surface area (Å²) in [5.74, 6) is -1.29. The monoisotopic (exact) mass is 577 g/mol. The molecule has 2 saturated heterocycles. The Bertz CT molecular complexity index is 949. The van der Waals surface area contributed by atoms with Gasteiger partial charge in [-0.1, -0.05) is 55.4 Å². The molecular weight excluding hydrogens is 522 g/mol. The first-order valence-corrected chi connectivity index (χ1v) is 15.5. The van der Waals surface area contributed by atoms with Crippen LogP contribution in [-0.4, -0.2) is 95.1 Å². The number of rotatable bonds is 8. The van der Waals surface area contributed by atoms with Gasteiger partial charge in [0, 0.05) is 20.6 Å². The number of fused-ring (bicyclic) bond motifs is 1. The molecule has 10 heteroatoms. The third-order valence-electron chi connectivity index (χ3n) is 8.09. The molecule has 0 radical (unpaired) electrons. The smallest absolute Gasteiger partial charge is 0.245 e. The summed E-state index contributed by atoms with van der Waals surface area (Å²) in [5.41, 5.74) is 0. The van der Waals surface area contributed by atoms with Crippen LogP contribution in [0, 0.1) is 23.7 Å². The van der Waals surface area contributed by atoms with Crippen molar-refractivity contribution in [3.05, 3.63) is 0 Å². The van der Waals surface area contributed by atoms with E-state index >= 15 is 0 Å². The minimum atomic E-state index is -0.852. The summed E-state index contributed by atoms with van der Waals surface area (Å²) in [5, 5.41) is 5.94. The maximum absolute atomic E-state index is 14.0. The molecule has 10 nitrogen and oxygen atoms in total. The van der Waals surface area contributed by atoms with E-state index in [1.807, 2.05) is 55.4 Å². The standard InChI is InChI=1S/C31H55N5O5/c1-18(2)14-22-29(39)34(9)25(16-20(5)6)27(37)33-23(15-19(3)4)30(40)36-13-11-12-24(36)31(41)35(10)26(17-21(7)8)28(38)32-22/h18-26H,11-17H2,1-10H3,(H,32,38)(H,33,37)/t22-,23-,24+,25-,26-/m0/s1. The second kappa shape index (κ2) is 15.0. The lowest BCUT2D eigenvalue weighted by Crippen LogP contribution is -2.58. The largest absolute Gasteiger partial charge is 0.342 e. The molecule has 0 aromatic rings. The van der Waals surface area contributed by atoms with Gasteiger partial charge >= 0.3 is 0 Å². The van der Waals surface area contributed by atoms with E-state index in [9.17, 15) is 24.0 Å². The fourth-order valence-electron chi connectivity index (χ4n) is 5.97. The average Bonchev–Trinajstić information content (AvgIpc) is 3.36. The second-order valence-corrected chi connectivity index (χ2v) is 13.8. The van der Waals surface area contributed by atoms with Crippen LogP contribution in [0.15, 0.2) is 0 Å². The van der Waals surface area contributed by atoms with E-state index in [1.165, 1.54) is 9.80 Å². The van der Waals surface area contributed by atoms with E-state index in [0.717, 1.165) is 0 Å². The van der Waals surface area contributed by atoms with Crippen molar-refractivity contribution < 1.29 is 24.0 Å². The van der Waals surface area contributed by atoms with Crippen LogP contribution < -0.4 is 10.6 Å². The Morgan fingerprint density at radius 2 is 1.00 bits per heavy atom. The van der Waals surface area contributed by atoms with Gasteiger partial charge in [0.1, 0.15) is 30.2 Å². The molecule has 0 aromatic carbocycles. The highest BCUT2D eigenvalue weighted by Crippen LogP contribution is 2.25. The number of hydrogen-bond donors (Lipinski definition) is 2. The van der Waals surface area contributed by atoms with Gasteiger partial charge in [0.05, 0.1) is 0 Å². The molecule has 2 heterocycles. The van der Waals surface area contributed by atoms with E-state index in [0.29, 0.717) is 45.1 Å². The topological polar surface area (TPSA) is 119 Å². The van der Waals surface area contributed by atoms with Crippen LogP contribution in [0.5, 0.6) is 0 Å². The van der Waals surface area contributed by atoms with Crippen molar-refractivity contribution in [1.29, 1.82) is 0 Å². The fourth-order valence-corrected chi connectivity index (χ4v) is 5.97. The van der Waals surface area contributed by atoms with Crippen LogP contribution in [0.25, 0.3) is 0 Å². The Morgan fingerprint density at radius 1 is 0.610 bits per heavy atom. The number of hydrogen-bond acceptors (Lipinski definition) is 5. The molecule has 2 rings (SSSR count). The molecule has 41 heavy (non-hydrogen) atoms. The molecule has 0 spiro atoms. The predicted octanol–water partition coefficient (Wildman–Crippen LogP) is 2.80. The van der Waals surface area contributed by atoms with Gasteiger partial charge in [-0.3, -0.25) is 24.0 Å². The van der Waals surface area contributed by atoms with E-state index in [1.54, 1.807) is 19.0 Å². The lowest BCUT2D eigenvalue weighted by molar-refractivity contribution is -0.148. The van der Waals surface area contributed by atoms with Crippen LogP contribution >= 0.6 is 0 Å². The lowest BCUT2D eigenvalue weighted by Gasteiger charge is -2.35. The minimum absolute atomic E-state index is 0.0973. The number of carbonyl (C=O) groups is 5. The molecule has 0 bridgehead atoms. The number of nitrogens with one attached hydrogen (secondary N) is 2. The van der Waals surface area contributed by atoms with E-state index < -0.39 is 42.0 Å². The van der Waals surface area contributed by atoms with Crippen LogP contribution in [0.2, 0.25) is 0 Å². The average molecular weight is 578 g/mol. The van der Waals surface area contributed by atoms with Gasteiger partial charge in [0.2, 0.25) is 29.5 Å². The first kappa shape index (κ1) is 34.6. The number of amides is 5. The highest BCUT2D eigenvalue weighted by atomic mass is 16.2. The summed E-state index contributed by atoms with van der Waals surface area (Å²) in [6.07, 6.45) is 2.79. The Morgan fingerprint density at radius 3 is 1.41 bits per heavy atom. The quantitative estimate of drug-likeness (QED) is 0.460. The van der Waals surface area contributed by atoms with Gasteiger partial charge in [0.15, 0.2) is 0 Å². The van der Waals surface area contributed by atoms with Gasteiger partial charge < -0.3 is 25.3 Å². The normalized spacial score (nSPS) is 27.5. The third-order valence-corrected chi connectivity index (χ3v) is 8.09. The third kappa shape index (κ3) is 9.17. The highest BCUT2D eigenvalue weighted by Gasteiger charge is 2.43. The van der Waals surface area contributed by atoms with Crippen molar-refractivity contribution in [3.63, 3.8) is 0 Å². The minimum Gasteiger partial charge on any atom is -0.342 e. The lowest BCUT2D eigenvalue weighted by atomic mass is 9.97. The molecule has 0 unspecified atom stereocenters. The molecule has 234 valence electrons. The summed E-state index contributed by atoms with van der Waals surface area (Å²) in [6.45, 7) is 16.3. The molecule has 5 atom stereocenters.